The highest BCUT2D eigenvalue weighted by atomic mass is 16.5. The van der Waals surface area contributed by atoms with Crippen LogP contribution in [0.25, 0.3) is 10.9 Å². The van der Waals surface area contributed by atoms with Gasteiger partial charge in [0.05, 0.1) is 30.7 Å². The highest BCUT2D eigenvalue weighted by Gasteiger charge is 2.18. The number of rotatable bonds is 6. The van der Waals surface area contributed by atoms with E-state index in [1.54, 1.807) is 50.7 Å². The van der Waals surface area contributed by atoms with Gasteiger partial charge in [0.25, 0.3) is 0 Å². The Bertz CT molecular complexity index is 1260. The van der Waals surface area contributed by atoms with Crippen LogP contribution in [0.4, 0.5) is 0 Å². The molecule has 150 valence electrons. The van der Waals surface area contributed by atoms with E-state index in [0.29, 0.717) is 29.0 Å². The van der Waals surface area contributed by atoms with E-state index < -0.39 is 0 Å². The summed E-state index contributed by atoms with van der Waals surface area (Å²) in [4.78, 5) is 26.4. The van der Waals surface area contributed by atoms with Gasteiger partial charge in [-0.25, -0.2) is 0 Å². The summed E-state index contributed by atoms with van der Waals surface area (Å²) in [6.45, 7) is 0.535. The van der Waals surface area contributed by atoms with Crippen LogP contribution >= 0.6 is 0 Å². The zero-order chi connectivity index (χ0) is 21.1. The fraction of sp³-hybridized carbons (Fsp3) is 0.120. The molecule has 5 nitrogen and oxygen atoms in total. The zero-order valence-electron chi connectivity index (χ0n) is 16.8. The zero-order valence-corrected chi connectivity index (χ0v) is 16.8. The third kappa shape index (κ3) is 3.70. The minimum absolute atomic E-state index is 0.122. The van der Waals surface area contributed by atoms with Gasteiger partial charge in [0.1, 0.15) is 11.5 Å². The summed E-state index contributed by atoms with van der Waals surface area (Å²) in [6.07, 6.45) is 1.65. The van der Waals surface area contributed by atoms with Crippen LogP contribution in [-0.2, 0) is 6.54 Å². The maximum absolute atomic E-state index is 13.2. The first-order valence-corrected chi connectivity index (χ1v) is 9.54. The molecule has 0 fully saturated rings. The Labute approximate surface area is 174 Å². The maximum Gasteiger partial charge on any atom is 0.200 e. The molecular weight excluding hydrogens is 378 g/mol. The standard InChI is InChI=1S/C25H21NO4/c1-29-19-10-8-18(9-11-19)24(27)22-16-26(15-17-6-4-3-5-7-17)23-13-12-20(30-2)14-21(23)25(22)28/h3-14,16H,15H2,1-2H3. The second-order valence-electron chi connectivity index (χ2n) is 6.93. The number of hydrogen-bond acceptors (Lipinski definition) is 4. The Morgan fingerprint density at radius 2 is 1.53 bits per heavy atom. The predicted octanol–water partition coefficient (Wildman–Crippen LogP) is 4.30. The van der Waals surface area contributed by atoms with E-state index in [4.69, 9.17) is 9.47 Å². The fourth-order valence-electron chi connectivity index (χ4n) is 3.47. The van der Waals surface area contributed by atoms with Gasteiger partial charge in [-0.1, -0.05) is 30.3 Å². The number of carbonyl (C=O) groups excluding carboxylic acids is 1. The maximum atomic E-state index is 13.2. The van der Waals surface area contributed by atoms with Crippen LogP contribution in [0.3, 0.4) is 0 Å². The first kappa shape index (κ1) is 19.5. The van der Waals surface area contributed by atoms with E-state index in [9.17, 15) is 9.59 Å². The minimum Gasteiger partial charge on any atom is -0.497 e. The topological polar surface area (TPSA) is 57.5 Å². The summed E-state index contributed by atoms with van der Waals surface area (Å²) >= 11 is 0. The van der Waals surface area contributed by atoms with Gasteiger partial charge in [-0.3, -0.25) is 9.59 Å². The van der Waals surface area contributed by atoms with Gasteiger partial charge < -0.3 is 14.0 Å². The molecule has 1 aromatic heterocycles. The fourth-order valence-corrected chi connectivity index (χ4v) is 3.47. The number of pyridine rings is 1. The van der Waals surface area contributed by atoms with Crippen LogP contribution in [0.1, 0.15) is 21.5 Å². The van der Waals surface area contributed by atoms with Crippen LogP contribution in [0.15, 0.2) is 83.8 Å². The SMILES string of the molecule is COc1ccc(C(=O)c2cn(Cc3ccccc3)c3ccc(OC)cc3c2=O)cc1. The molecule has 4 aromatic rings. The van der Waals surface area contributed by atoms with Gasteiger partial charge in [0.2, 0.25) is 5.43 Å². The Hall–Kier alpha value is -3.86. The van der Waals surface area contributed by atoms with Crippen LogP contribution in [-0.4, -0.2) is 24.6 Å². The summed E-state index contributed by atoms with van der Waals surface area (Å²) in [5.74, 6) is 0.894. The predicted molar refractivity (Wildman–Crippen MR) is 117 cm³/mol. The molecule has 0 amide bonds. The molecule has 4 rings (SSSR count). The lowest BCUT2D eigenvalue weighted by molar-refractivity contribution is 0.103. The van der Waals surface area contributed by atoms with Crippen molar-refractivity contribution in [3.05, 3.63) is 106 Å². The summed E-state index contributed by atoms with van der Waals surface area (Å²) in [5.41, 5.74) is 2.06. The average molecular weight is 399 g/mol. The van der Waals surface area contributed by atoms with Crippen molar-refractivity contribution >= 4 is 16.7 Å². The Morgan fingerprint density at radius 3 is 2.20 bits per heavy atom. The second-order valence-corrected chi connectivity index (χ2v) is 6.93. The Morgan fingerprint density at radius 1 is 0.867 bits per heavy atom. The summed E-state index contributed by atoms with van der Waals surface area (Å²) < 4.78 is 12.4. The van der Waals surface area contributed by atoms with Crippen molar-refractivity contribution in [2.45, 2.75) is 6.54 Å². The number of nitrogens with zero attached hydrogens (tertiary/aromatic N) is 1. The number of aromatic nitrogens is 1. The molecule has 0 radical (unpaired) electrons. The molecular formula is C25H21NO4. The Balaban J connectivity index is 1.88. The molecule has 0 N–H and O–H groups in total. The highest BCUT2D eigenvalue weighted by Crippen LogP contribution is 2.21. The molecule has 0 aliphatic rings. The third-order valence-corrected chi connectivity index (χ3v) is 5.08. The number of carbonyl (C=O) groups is 1. The second kappa shape index (κ2) is 8.25. The van der Waals surface area contributed by atoms with Crippen LogP contribution in [0, 0.1) is 0 Å². The van der Waals surface area contributed by atoms with E-state index >= 15 is 0 Å². The van der Waals surface area contributed by atoms with Gasteiger partial charge in [-0.15, -0.1) is 0 Å². The minimum atomic E-state index is -0.325. The van der Waals surface area contributed by atoms with Gasteiger partial charge in [0, 0.05) is 18.3 Å². The molecule has 1 heterocycles. The smallest absolute Gasteiger partial charge is 0.200 e. The molecule has 0 bridgehead atoms. The van der Waals surface area contributed by atoms with Crippen molar-refractivity contribution in [1.82, 2.24) is 4.57 Å². The molecule has 0 atom stereocenters. The first-order valence-electron chi connectivity index (χ1n) is 9.54. The summed E-state index contributed by atoms with van der Waals surface area (Å²) in [7, 11) is 3.12. The summed E-state index contributed by atoms with van der Waals surface area (Å²) in [6, 6.07) is 22.0. The molecule has 0 spiro atoms. The number of fused-ring (bicyclic) bond motifs is 1. The van der Waals surface area contributed by atoms with Crippen LogP contribution < -0.4 is 14.9 Å². The van der Waals surface area contributed by atoms with E-state index in [1.807, 2.05) is 47.0 Å². The lowest BCUT2D eigenvalue weighted by atomic mass is 10.0. The molecule has 0 aliphatic heterocycles. The van der Waals surface area contributed by atoms with Gasteiger partial charge in [-0.05, 0) is 48.0 Å². The number of ether oxygens (including phenoxy) is 2. The molecule has 30 heavy (non-hydrogen) atoms. The largest absolute Gasteiger partial charge is 0.497 e. The van der Waals surface area contributed by atoms with Gasteiger partial charge in [-0.2, -0.15) is 0 Å². The number of ketones is 1. The van der Waals surface area contributed by atoms with Crippen molar-refractivity contribution in [2.24, 2.45) is 0 Å². The molecule has 0 aliphatic carbocycles. The molecule has 0 saturated carbocycles. The van der Waals surface area contributed by atoms with Crippen molar-refractivity contribution < 1.29 is 14.3 Å². The van der Waals surface area contributed by atoms with Crippen molar-refractivity contribution in [2.75, 3.05) is 14.2 Å². The first-order chi connectivity index (χ1) is 14.6. The van der Waals surface area contributed by atoms with E-state index in [0.717, 1.165) is 11.1 Å². The Kier molecular flexibility index (Phi) is 5.35. The quantitative estimate of drug-likeness (QED) is 0.454. The average Bonchev–Trinajstić information content (AvgIpc) is 2.81. The number of benzene rings is 3. The monoisotopic (exact) mass is 399 g/mol. The third-order valence-electron chi connectivity index (χ3n) is 5.08. The number of methoxy groups -OCH3 is 2. The molecule has 0 saturated heterocycles. The summed E-state index contributed by atoms with van der Waals surface area (Å²) in [5, 5.41) is 0.449. The van der Waals surface area contributed by atoms with Crippen LogP contribution in [0.5, 0.6) is 11.5 Å². The molecule has 3 aromatic carbocycles. The lowest BCUT2D eigenvalue weighted by Crippen LogP contribution is -2.20. The lowest BCUT2D eigenvalue weighted by Gasteiger charge is -2.14. The van der Waals surface area contributed by atoms with Crippen LogP contribution in [0.2, 0.25) is 0 Å². The van der Waals surface area contributed by atoms with Gasteiger partial charge in [0.15, 0.2) is 5.78 Å². The van der Waals surface area contributed by atoms with E-state index in [1.165, 1.54) is 0 Å². The molecule has 5 heteroatoms. The van der Waals surface area contributed by atoms with Crippen molar-refractivity contribution in [1.29, 1.82) is 0 Å². The van der Waals surface area contributed by atoms with Crippen molar-refractivity contribution in [3.8, 4) is 11.5 Å². The molecule has 0 unspecified atom stereocenters. The normalized spacial score (nSPS) is 10.7. The van der Waals surface area contributed by atoms with Crippen molar-refractivity contribution in [3.63, 3.8) is 0 Å². The van der Waals surface area contributed by atoms with E-state index in [-0.39, 0.29) is 16.8 Å². The van der Waals surface area contributed by atoms with E-state index in [2.05, 4.69) is 0 Å². The number of hydrogen-bond donors (Lipinski definition) is 0. The van der Waals surface area contributed by atoms with Gasteiger partial charge >= 0.3 is 0 Å². The highest BCUT2D eigenvalue weighted by molar-refractivity contribution is 6.10.